The van der Waals surface area contributed by atoms with Crippen LogP contribution in [0.3, 0.4) is 0 Å². The fourth-order valence-corrected chi connectivity index (χ4v) is 4.52. The van der Waals surface area contributed by atoms with E-state index in [1.165, 1.54) is 31.3 Å². The number of nitrogens with zero attached hydrogens (tertiary/aromatic N) is 2. The van der Waals surface area contributed by atoms with Crippen molar-refractivity contribution < 1.29 is 22.8 Å². The number of sulfonamides is 1. The minimum Gasteiger partial charge on any atom is -0.319 e. The number of carbonyl (C=O) groups excluding carboxylic acids is 3. The number of aryl methyl sites for hydroxylation is 1. The number of rotatable bonds is 5. The van der Waals surface area contributed by atoms with E-state index in [1.807, 2.05) is 24.3 Å². The topological polar surface area (TPSA) is 104 Å². The zero-order valence-electron chi connectivity index (χ0n) is 16.6. The lowest BCUT2D eigenvalue weighted by Gasteiger charge is -2.22. The maximum Gasteiger partial charge on any atom is 0.325 e. The lowest BCUT2D eigenvalue weighted by Crippen LogP contribution is -2.42. The van der Waals surface area contributed by atoms with Crippen molar-refractivity contribution >= 4 is 33.4 Å². The van der Waals surface area contributed by atoms with Crippen LogP contribution in [0.2, 0.25) is 0 Å². The van der Waals surface area contributed by atoms with Gasteiger partial charge in [-0.2, -0.15) is 0 Å². The van der Waals surface area contributed by atoms with Crippen molar-refractivity contribution in [1.29, 1.82) is 0 Å². The quantitative estimate of drug-likeness (QED) is 0.577. The van der Waals surface area contributed by atoms with E-state index in [0.717, 1.165) is 26.6 Å². The van der Waals surface area contributed by atoms with Gasteiger partial charge >= 0.3 is 6.03 Å². The molecular formula is C21H21N3O5S. The predicted molar refractivity (Wildman–Crippen MR) is 111 cm³/mol. The molecule has 9 heteroatoms. The van der Waals surface area contributed by atoms with Gasteiger partial charge in [-0.15, -0.1) is 0 Å². The van der Waals surface area contributed by atoms with Gasteiger partial charge in [-0.3, -0.25) is 18.8 Å². The Bertz CT molecular complexity index is 1160. The number of ketones is 1. The predicted octanol–water partition coefficient (Wildman–Crippen LogP) is 1.66. The number of hydrogen-bond acceptors (Lipinski definition) is 5. The Kier molecular flexibility index (Phi) is 4.65. The van der Waals surface area contributed by atoms with E-state index in [2.05, 4.69) is 5.32 Å². The van der Waals surface area contributed by atoms with E-state index in [4.69, 9.17) is 0 Å². The highest BCUT2D eigenvalue weighted by molar-refractivity contribution is 7.92. The molecule has 1 aliphatic heterocycles. The van der Waals surface area contributed by atoms with Crippen LogP contribution in [0.15, 0.2) is 48.5 Å². The second-order valence-corrected chi connectivity index (χ2v) is 9.60. The van der Waals surface area contributed by atoms with Crippen LogP contribution in [0.1, 0.15) is 27.9 Å². The largest absolute Gasteiger partial charge is 0.325 e. The molecule has 2 aromatic carbocycles. The summed E-state index contributed by atoms with van der Waals surface area (Å²) in [7, 11) is -2.00. The Morgan fingerprint density at radius 3 is 2.47 bits per heavy atom. The van der Waals surface area contributed by atoms with E-state index in [-0.39, 0.29) is 12.1 Å². The molecule has 2 aromatic rings. The van der Waals surface area contributed by atoms with Gasteiger partial charge in [0.15, 0.2) is 5.78 Å². The maximum absolute atomic E-state index is 13.1. The third-order valence-electron chi connectivity index (χ3n) is 5.77. The second kappa shape index (κ2) is 6.94. The number of urea groups is 1. The van der Waals surface area contributed by atoms with Gasteiger partial charge in [-0.25, -0.2) is 13.2 Å². The molecule has 0 aromatic heterocycles. The lowest BCUT2D eigenvalue weighted by atomic mass is 9.92. The van der Waals surface area contributed by atoms with E-state index in [0.29, 0.717) is 18.5 Å². The molecular weight excluding hydrogens is 406 g/mol. The molecule has 1 saturated heterocycles. The number of fused-ring (bicyclic) bond motifs is 2. The summed E-state index contributed by atoms with van der Waals surface area (Å²) in [6.45, 7) is -0.379. The average Bonchev–Trinajstić information content (AvgIpc) is 3.20. The number of anilines is 1. The molecule has 156 valence electrons. The van der Waals surface area contributed by atoms with Crippen LogP contribution in [0, 0.1) is 0 Å². The number of benzene rings is 2. The molecule has 8 nitrogen and oxygen atoms in total. The van der Waals surface area contributed by atoms with Gasteiger partial charge in [0.2, 0.25) is 10.0 Å². The second-order valence-electron chi connectivity index (χ2n) is 7.58. The van der Waals surface area contributed by atoms with Gasteiger partial charge in [0.1, 0.15) is 5.54 Å². The van der Waals surface area contributed by atoms with Gasteiger partial charge < -0.3 is 5.32 Å². The molecule has 1 heterocycles. The van der Waals surface area contributed by atoms with Crippen molar-refractivity contribution in [2.75, 3.05) is 24.2 Å². The van der Waals surface area contributed by atoms with Gasteiger partial charge in [-0.05, 0) is 48.2 Å². The molecule has 3 amide bonds. The van der Waals surface area contributed by atoms with E-state index in [1.54, 1.807) is 0 Å². The molecule has 1 aliphatic carbocycles. The number of Topliss-reactive ketones (excluding diaryl/α,β-unsaturated/α-hetero) is 1. The Labute approximate surface area is 174 Å². The lowest BCUT2D eigenvalue weighted by molar-refractivity contribution is -0.131. The number of carbonyl (C=O) groups is 3. The molecule has 0 radical (unpaired) electrons. The Balaban J connectivity index is 1.53. The summed E-state index contributed by atoms with van der Waals surface area (Å²) in [5.74, 6) is -0.824. The number of nitrogens with one attached hydrogen (secondary N) is 1. The van der Waals surface area contributed by atoms with Crippen LogP contribution < -0.4 is 9.62 Å². The van der Waals surface area contributed by atoms with Crippen molar-refractivity contribution in [1.82, 2.24) is 10.2 Å². The normalized spacial score (nSPS) is 20.4. The van der Waals surface area contributed by atoms with Crippen LogP contribution in [-0.4, -0.2) is 50.9 Å². The van der Waals surface area contributed by atoms with Crippen LogP contribution in [0.25, 0.3) is 0 Å². The molecule has 0 bridgehead atoms. The first-order valence-electron chi connectivity index (χ1n) is 9.43. The highest BCUT2D eigenvalue weighted by Crippen LogP contribution is 2.41. The Morgan fingerprint density at radius 1 is 1.13 bits per heavy atom. The fraction of sp³-hybridized carbons (Fsp3) is 0.286. The first-order valence-corrected chi connectivity index (χ1v) is 11.3. The Morgan fingerprint density at radius 2 is 1.80 bits per heavy atom. The molecule has 1 N–H and O–H groups in total. The van der Waals surface area contributed by atoms with E-state index < -0.39 is 33.3 Å². The summed E-state index contributed by atoms with van der Waals surface area (Å²) in [5, 5.41) is 2.79. The highest BCUT2D eigenvalue weighted by atomic mass is 32.2. The van der Waals surface area contributed by atoms with Gasteiger partial charge in [-0.1, -0.05) is 24.3 Å². The minimum absolute atomic E-state index is 0.286. The maximum atomic E-state index is 13.1. The molecule has 0 saturated carbocycles. The zero-order valence-corrected chi connectivity index (χ0v) is 17.4. The number of imide groups is 1. The van der Waals surface area contributed by atoms with Crippen LogP contribution in [0.5, 0.6) is 0 Å². The summed E-state index contributed by atoms with van der Waals surface area (Å²) in [5.41, 5.74) is 1.40. The first kappa shape index (κ1) is 20.1. The van der Waals surface area contributed by atoms with Crippen molar-refractivity contribution in [3.05, 3.63) is 65.2 Å². The fourth-order valence-electron chi connectivity index (χ4n) is 4.02. The molecule has 1 fully saturated rings. The summed E-state index contributed by atoms with van der Waals surface area (Å²) in [6.07, 6.45) is 2.23. The molecule has 2 aliphatic rings. The first-order chi connectivity index (χ1) is 14.1. The van der Waals surface area contributed by atoms with Crippen molar-refractivity contribution in [2.45, 2.75) is 18.4 Å². The standard InChI is InChI=1S/C21H21N3O5S/c1-23(30(2,28)29)16-9-7-15(8-10-16)18(25)13-24-19(26)21(22-20(24)27)12-11-14-5-3-4-6-17(14)21/h3-10H,11-13H2,1-2H3,(H,22,27)/t21-/m0/s1. The minimum atomic E-state index is -3.42. The smallest absolute Gasteiger partial charge is 0.319 e. The SMILES string of the molecule is CN(c1ccc(C(=O)CN2C(=O)N[C@]3(CCc4ccccc43)C2=O)cc1)S(C)(=O)=O. The Hall–Kier alpha value is -3.20. The van der Waals surface area contributed by atoms with Crippen LogP contribution in [0.4, 0.5) is 10.5 Å². The highest BCUT2D eigenvalue weighted by Gasteiger charge is 2.55. The average molecular weight is 427 g/mol. The molecule has 30 heavy (non-hydrogen) atoms. The summed E-state index contributed by atoms with van der Waals surface area (Å²) in [4.78, 5) is 39.4. The van der Waals surface area contributed by atoms with Crippen molar-refractivity contribution in [2.24, 2.45) is 0 Å². The zero-order chi connectivity index (χ0) is 21.7. The third kappa shape index (κ3) is 3.15. The van der Waals surface area contributed by atoms with Gasteiger partial charge in [0.25, 0.3) is 5.91 Å². The molecule has 1 atom stereocenters. The molecule has 4 rings (SSSR count). The molecule has 1 spiro atoms. The van der Waals surface area contributed by atoms with Crippen LogP contribution in [-0.2, 0) is 26.8 Å². The van der Waals surface area contributed by atoms with E-state index >= 15 is 0 Å². The number of hydrogen-bond donors (Lipinski definition) is 1. The van der Waals surface area contributed by atoms with E-state index in [9.17, 15) is 22.8 Å². The van der Waals surface area contributed by atoms with Gasteiger partial charge in [0.05, 0.1) is 18.5 Å². The van der Waals surface area contributed by atoms with Crippen molar-refractivity contribution in [3.63, 3.8) is 0 Å². The third-order valence-corrected chi connectivity index (χ3v) is 6.98. The summed E-state index contributed by atoms with van der Waals surface area (Å²) >= 11 is 0. The number of amides is 3. The van der Waals surface area contributed by atoms with Gasteiger partial charge in [0, 0.05) is 12.6 Å². The molecule has 0 unspecified atom stereocenters. The van der Waals surface area contributed by atoms with Crippen molar-refractivity contribution in [3.8, 4) is 0 Å². The summed E-state index contributed by atoms with van der Waals surface area (Å²) < 4.78 is 24.4. The monoisotopic (exact) mass is 427 g/mol. The van der Waals surface area contributed by atoms with Crippen LogP contribution >= 0.6 is 0 Å². The summed E-state index contributed by atoms with van der Waals surface area (Å²) in [6, 6.07) is 12.9.